The van der Waals surface area contributed by atoms with Crippen molar-refractivity contribution < 1.29 is 9.53 Å². The molecule has 1 aliphatic heterocycles. The van der Waals surface area contributed by atoms with Crippen LogP contribution in [0.2, 0.25) is 0 Å². The first-order valence-corrected chi connectivity index (χ1v) is 7.62. The fraction of sp³-hybridized carbons (Fsp3) is 0.588. The Hall–Kier alpha value is -1.39. The molecule has 2 rings (SSSR count). The highest BCUT2D eigenvalue weighted by Crippen LogP contribution is 2.20. The van der Waals surface area contributed by atoms with Crippen LogP contribution in [0.1, 0.15) is 23.1 Å². The number of likely N-dealkylation sites (tertiary alicyclic amines) is 1. The van der Waals surface area contributed by atoms with Crippen LogP contribution in [-0.2, 0) is 16.1 Å². The highest BCUT2D eigenvalue weighted by molar-refractivity contribution is 5.77. The summed E-state index contributed by atoms with van der Waals surface area (Å²) in [6, 6.07) is 6.64. The molecule has 1 unspecified atom stereocenters. The molecule has 1 aromatic carbocycles. The van der Waals surface area contributed by atoms with E-state index in [1.54, 1.807) is 7.11 Å². The van der Waals surface area contributed by atoms with Gasteiger partial charge in [-0.3, -0.25) is 9.69 Å². The van der Waals surface area contributed by atoms with Crippen molar-refractivity contribution in [3.05, 3.63) is 34.9 Å². The maximum absolute atomic E-state index is 11.4. The lowest BCUT2D eigenvalue weighted by Crippen LogP contribution is -2.33. The van der Waals surface area contributed by atoms with Crippen molar-refractivity contribution in [2.75, 3.05) is 33.4 Å². The number of carbonyl (C=O) groups excluding carboxylic acids is 1. The van der Waals surface area contributed by atoms with Crippen molar-refractivity contribution in [1.82, 2.24) is 10.2 Å². The molecule has 4 heteroatoms. The van der Waals surface area contributed by atoms with E-state index < -0.39 is 0 Å². The van der Waals surface area contributed by atoms with Crippen LogP contribution in [0.3, 0.4) is 0 Å². The Morgan fingerprint density at radius 3 is 3.00 bits per heavy atom. The van der Waals surface area contributed by atoms with Crippen molar-refractivity contribution in [2.24, 2.45) is 5.92 Å². The quantitative estimate of drug-likeness (QED) is 0.870. The van der Waals surface area contributed by atoms with Gasteiger partial charge >= 0.3 is 0 Å². The average Bonchev–Trinajstić information content (AvgIpc) is 2.89. The van der Waals surface area contributed by atoms with Crippen LogP contribution in [0.25, 0.3) is 0 Å². The van der Waals surface area contributed by atoms with Crippen molar-refractivity contribution >= 4 is 5.91 Å². The molecule has 21 heavy (non-hydrogen) atoms. The number of benzene rings is 1. The average molecular weight is 290 g/mol. The van der Waals surface area contributed by atoms with Crippen molar-refractivity contribution in [3.63, 3.8) is 0 Å². The molecule has 1 amide bonds. The predicted octanol–water partition coefficient (Wildman–Crippen LogP) is 1.89. The van der Waals surface area contributed by atoms with Crippen molar-refractivity contribution in [3.8, 4) is 0 Å². The molecule has 0 aliphatic carbocycles. The Morgan fingerprint density at radius 1 is 1.43 bits per heavy atom. The van der Waals surface area contributed by atoms with Gasteiger partial charge in [-0.05, 0) is 43.9 Å². The maximum atomic E-state index is 11.4. The van der Waals surface area contributed by atoms with Crippen LogP contribution in [0, 0.1) is 19.8 Å². The zero-order valence-electron chi connectivity index (χ0n) is 13.3. The van der Waals surface area contributed by atoms with Crippen LogP contribution in [0.4, 0.5) is 0 Å². The topological polar surface area (TPSA) is 41.6 Å². The zero-order valence-corrected chi connectivity index (χ0v) is 13.3. The molecule has 116 valence electrons. The second kappa shape index (κ2) is 7.57. The molecule has 0 bridgehead atoms. The molecule has 0 aromatic heterocycles. The number of hydrogen-bond donors (Lipinski definition) is 1. The fourth-order valence-corrected chi connectivity index (χ4v) is 2.87. The van der Waals surface area contributed by atoms with E-state index in [0.717, 1.165) is 32.6 Å². The summed E-state index contributed by atoms with van der Waals surface area (Å²) in [6.45, 7) is 8.40. The Labute approximate surface area is 127 Å². The summed E-state index contributed by atoms with van der Waals surface area (Å²) in [4.78, 5) is 13.9. The Bertz CT molecular complexity index is 488. The van der Waals surface area contributed by atoms with Gasteiger partial charge in [-0.25, -0.2) is 0 Å². The SMILES string of the molecule is COCC(=O)NCC1CCN(Cc2cc(C)ccc2C)C1. The second-order valence-electron chi connectivity index (χ2n) is 6.06. The number of carbonyl (C=O) groups is 1. The Balaban J connectivity index is 1.80. The summed E-state index contributed by atoms with van der Waals surface area (Å²) in [7, 11) is 1.54. The second-order valence-corrected chi connectivity index (χ2v) is 6.06. The molecule has 0 radical (unpaired) electrons. The number of methoxy groups -OCH3 is 1. The normalized spacial score (nSPS) is 18.9. The van der Waals surface area contributed by atoms with Crippen molar-refractivity contribution in [2.45, 2.75) is 26.8 Å². The van der Waals surface area contributed by atoms with Gasteiger partial charge in [-0.1, -0.05) is 23.8 Å². The first-order valence-electron chi connectivity index (χ1n) is 7.62. The number of hydrogen-bond acceptors (Lipinski definition) is 3. The third-order valence-electron chi connectivity index (χ3n) is 4.13. The van der Waals surface area contributed by atoms with Gasteiger partial charge in [-0.2, -0.15) is 0 Å². The Morgan fingerprint density at radius 2 is 2.24 bits per heavy atom. The Kier molecular flexibility index (Phi) is 5.76. The van der Waals surface area contributed by atoms with Gasteiger partial charge < -0.3 is 10.1 Å². The van der Waals surface area contributed by atoms with E-state index in [9.17, 15) is 4.79 Å². The van der Waals surface area contributed by atoms with Crippen LogP contribution >= 0.6 is 0 Å². The summed E-state index contributed by atoms with van der Waals surface area (Å²) in [5.41, 5.74) is 4.09. The van der Waals surface area contributed by atoms with Crippen LogP contribution in [0.5, 0.6) is 0 Å². The lowest BCUT2D eigenvalue weighted by molar-refractivity contribution is -0.124. The maximum Gasteiger partial charge on any atom is 0.245 e. The number of amides is 1. The lowest BCUT2D eigenvalue weighted by atomic mass is 10.1. The van der Waals surface area contributed by atoms with E-state index in [2.05, 4.69) is 42.3 Å². The van der Waals surface area contributed by atoms with Gasteiger partial charge in [0.2, 0.25) is 5.91 Å². The summed E-state index contributed by atoms with van der Waals surface area (Å²) in [6.07, 6.45) is 1.15. The lowest BCUT2D eigenvalue weighted by Gasteiger charge is -2.18. The summed E-state index contributed by atoms with van der Waals surface area (Å²) in [5, 5.41) is 2.94. The number of ether oxygens (including phenoxy) is 1. The van der Waals surface area contributed by atoms with E-state index in [4.69, 9.17) is 4.74 Å². The molecule has 1 saturated heterocycles. The van der Waals surface area contributed by atoms with Gasteiger partial charge in [0.15, 0.2) is 0 Å². The summed E-state index contributed by atoms with van der Waals surface area (Å²) >= 11 is 0. The van der Waals surface area contributed by atoms with E-state index in [1.807, 2.05) is 0 Å². The number of nitrogens with one attached hydrogen (secondary N) is 1. The van der Waals surface area contributed by atoms with E-state index in [1.165, 1.54) is 16.7 Å². The summed E-state index contributed by atoms with van der Waals surface area (Å²) in [5.74, 6) is 0.529. The first kappa shape index (κ1) is 16.0. The van der Waals surface area contributed by atoms with Crippen LogP contribution < -0.4 is 5.32 Å². The molecule has 0 saturated carbocycles. The smallest absolute Gasteiger partial charge is 0.245 e. The third kappa shape index (κ3) is 4.83. The van der Waals surface area contributed by atoms with E-state index in [-0.39, 0.29) is 12.5 Å². The van der Waals surface area contributed by atoms with E-state index >= 15 is 0 Å². The molecule has 1 heterocycles. The van der Waals surface area contributed by atoms with Crippen LogP contribution in [0.15, 0.2) is 18.2 Å². The van der Waals surface area contributed by atoms with Crippen molar-refractivity contribution in [1.29, 1.82) is 0 Å². The minimum atomic E-state index is -0.0227. The number of nitrogens with zero attached hydrogens (tertiary/aromatic N) is 1. The minimum absolute atomic E-state index is 0.0227. The molecule has 0 spiro atoms. The largest absolute Gasteiger partial charge is 0.375 e. The van der Waals surface area contributed by atoms with Gasteiger partial charge in [0.1, 0.15) is 6.61 Å². The fourth-order valence-electron chi connectivity index (χ4n) is 2.87. The molecule has 1 aliphatic rings. The van der Waals surface area contributed by atoms with Crippen LogP contribution in [-0.4, -0.2) is 44.2 Å². The highest BCUT2D eigenvalue weighted by Gasteiger charge is 2.23. The molecular formula is C17H26N2O2. The zero-order chi connectivity index (χ0) is 15.2. The van der Waals surface area contributed by atoms with E-state index in [0.29, 0.717) is 5.92 Å². The molecule has 1 fully saturated rings. The highest BCUT2D eigenvalue weighted by atomic mass is 16.5. The molecular weight excluding hydrogens is 264 g/mol. The minimum Gasteiger partial charge on any atom is -0.375 e. The molecule has 1 N–H and O–H groups in total. The molecule has 1 atom stereocenters. The van der Waals surface area contributed by atoms with Gasteiger partial charge in [-0.15, -0.1) is 0 Å². The first-order chi connectivity index (χ1) is 10.1. The summed E-state index contributed by atoms with van der Waals surface area (Å²) < 4.78 is 4.82. The number of aryl methyl sites for hydroxylation is 2. The monoisotopic (exact) mass is 290 g/mol. The number of rotatable bonds is 6. The molecule has 1 aromatic rings. The molecule has 4 nitrogen and oxygen atoms in total. The van der Waals surface area contributed by atoms with Gasteiger partial charge in [0, 0.05) is 26.7 Å². The standard InChI is InChI=1S/C17H26N2O2/c1-13-4-5-14(2)16(8-13)11-19-7-6-15(10-19)9-18-17(20)12-21-3/h4-5,8,15H,6-7,9-12H2,1-3H3,(H,18,20). The van der Waals surface area contributed by atoms with Gasteiger partial charge in [0.25, 0.3) is 0 Å². The van der Waals surface area contributed by atoms with Gasteiger partial charge in [0.05, 0.1) is 0 Å². The predicted molar refractivity (Wildman–Crippen MR) is 84.2 cm³/mol. The third-order valence-corrected chi connectivity index (χ3v) is 4.13.